The van der Waals surface area contributed by atoms with Crippen molar-refractivity contribution in [1.29, 1.82) is 0 Å². The predicted molar refractivity (Wildman–Crippen MR) is 117 cm³/mol. The molecule has 0 fully saturated rings. The van der Waals surface area contributed by atoms with Crippen LogP contribution in [0.25, 0.3) is 0 Å². The maximum atomic E-state index is 6.37. The van der Waals surface area contributed by atoms with Gasteiger partial charge in [-0.25, -0.2) is 5.01 Å². The fourth-order valence-corrected chi connectivity index (χ4v) is 4.30. The molecule has 0 aliphatic carbocycles. The van der Waals surface area contributed by atoms with Crippen molar-refractivity contribution in [3.63, 3.8) is 0 Å². The van der Waals surface area contributed by atoms with Crippen molar-refractivity contribution in [2.45, 2.75) is 18.7 Å². The molecule has 2 atom stereocenters. The number of benzene rings is 3. The zero-order valence-electron chi connectivity index (χ0n) is 16.7. The van der Waals surface area contributed by atoms with Crippen LogP contribution in [0.4, 0.5) is 0 Å². The minimum Gasteiger partial charge on any atom is -0.493 e. The van der Waals surface area contributed by atoms with E-state index in [1.807, 2.05) is 65.7 Å². The van der Waals surface area contributed by atoms with Crippen molar-refractivity contribution in [2.24, 2.45) is 5.10 Å². The largest absolute Gasteiger partial charge is 0.493 e. The van der Waals surface area contributed by atoms with Crippen molar-refractivity contribution in [1.82, 2.24) is 5.01 Å². The summed E-state index contributed by atoms with van der Waals surface area (Å²) in [5.41, 5.74) is 4.09. The van der Waals surface area contributed by atoms with Gasteiger partial charge < -0.3 is 14.2 Å². The molecule has 152 valence electrons. The molecule has 0 saturated heterocycles. The average Bonchev–Trinajstić information content (AvgIpc) is 3.24. The quantitative estimate of drug-likeness (QED) is 0.551. The van der Waals surface area contributed by atoms with Crippen molar-refractivity contribution >= 4 is 17.3 Å². The average molecular weight is 421 g/mol. The first-order chi connectivity index (χ1) is 14.7. The molecule has 0 unspecified atom stereocenters. The van der Waals surface area contributed by atoms with Crippen LogP contribution in [0.3, 0.4) is 0 Å². The van der Waals surface area contributed by atoms with Gasteiger partial charge in [-0.1, -0.05) is 41.9 Å². The van der Waals surface area contributed by atoms with E-state index in [1.165, 1.54) is 0 Å². The predicted octanol–water partition coefficient (Wildman–Crippen LogP) is 5.60. The number of rotatable bonds is 4. The third-order valence-electron chi connectivity index (χ3n) is 5.55. The van der Waals surface area contributed by atoms with Gasteiger partial charge in [0.15, 0.2) is 11.5 Å². The minimum absolute atomic E-state index is 0.0852. The lowest BCUT2D eigenvalue weighted by Gasteiger charge is -2.38. The summed E-state index contributed by atoms with van der Waals surface area (Å²) in [6.45, 7) is 0. The molecule has 30 heavy (non-hydrogen) atoms. The van der Waals surface area contributed by atoms with E-state index in [-0.39, 0.29) is 12.3 Å². The molecule has 3 aromatic carbocycles. The van der Waals surface area contributed by atoms with Crippen LogP contribution in [0, 0.1) is 0 Å². The first kappa shape index (κ1) is 18.8. The normalized spacial score (nSPS) is 19.4. The second-order valence-corrected chi connectivity index (χ2v) is 7.72. The number of fused-ring (bicyclic) bond motifs is 3. The van der Waals surface area contributed by atoms with Crippen molar-refractivity contribution < 1.29 is 14.2 Å². The Balaban J connectivity index is 1.58. The Bertz CT molecular complexity index is 1130. The molecule has 2 heterocycles. The number of para-hydroxylation sites is 1. The highest BCUT2D eigenvalue weighted by Crippen LogP contribution is 2.47. The molecule has 0 amide bonds. The van der Waals surface area contributed by atoms with Gasteiger partial charge in [-0.05, 0) is 36.4 Å². The summed E-state index contributed by atoms with van der Waals surface area (Å²) in [4.78, 5) is 0. The number of nitrogens with zero attached hydrogens (tertiary/aromatic N) is 2. The Morgan fingerprint density at radius 1 is 0.967 bits per heavy atom. The molecular weight excluding hydrogens is 400 g/mol. The van der Waals surface area contributed by atoms with E-state index in [4.69, 9.17) is 30.9 Å². The molecule has 5 rings (SSSR count). The van der Waals surface area contributed by atoms with Crippen LogP contribution in [0.5, 0.6) is 17.2 Å². The molecule has 2 aliphatic rings. The summed E-state index contributed by atoms with van der Waals surface area (Å²) in [6.07, 6.45) is 0.425. The van der Waals surface area contributed by atoms with Crippen LogP contribution in [-0.2, 0) is 0 Å². The Labute approximate surface area is 180 Å². The number of ether oxygens (including phenoxy) is 3. The zero-order chi connectivity index (χ0) is 20.7. The summed E-state index contributed by atoms with van der Waals surface area (Å²) >= 11 is 6.26. The lowest BCUT2D eigenvalue weighted by Crippen LogP contribution is -2.33. The summed E-state index contributed by atoms with van der Waals surface area (Å²) < 4.78 is 17.2. The van der Waals surface area contributed by atoms with Crippen molar-refractivity contribution in [2.75, 3.05) is 14.2 Å². The van der Waals surface area contributed by atoms with Gasteiger partial charge in [0.1, 0.15) is 5.75 Å². The molecule has 0 spiro atoms. The van der Waals surface area contributed by atoms with Gasteiger partial charge in [0, 0.05) is 28.1 Å². The summed E-state index contributed by atoms with van der Waals surface area (Å²) in [7, 11) is 3.27. The maximum Gasteiger partial charge on any atom is 0.213 e. The van der Waals surface area contributed by atoms with E-state index < -0.39 is 0 Å². The monoisotopic (exact) mass is 420 g/mol. The van der Waals surface area contributed by atoms with Crippen molar-refractivity contribution in [3.05, 3.63) is 88.4 Å². The van der Waals surface area contributed by atoms with Crippen molar-refractivity contribution in [3.8, 4) is 17.2 Å². The van der Waals surface area contributed by atoms with Crippen LogP contribution >= 0.6 is 11.6 Å². The van der Waals surface area contributed by atoms with Gasteiger partial charge in [-0.2, -0.15) is 5.10 Å². The van der Waals surface area contributed by atoms with E-state index >= 15 is 0 Å². The van der Waals surface area contributed by atoms with Crippen LogP contribution < -0.4 is 14.2 Å². The smallest absolute Gasteiger partial charge is 0.213 e. The first-order valence-corrected chi connectivity index (χ1v) is 10.1. The highest BCUT2D eigenvalue weighted by atomic mass is 35.5. The highest BCUT2D eigenvalue weighted by molar-refractivity contribution is 6.30. The fourth-order valence-electron chi connectivity index (χ4n) is 4.10. The topological polar surface area (TPSA) is 43.3 Å². The Morgan fingerprint density at radius 2 is 1.80 bits per heavy atom. The van der Waals surface area contributed by atoms with Crippen LogP contribution in [0.1, 0.15) is 35.4 Å². The molecular formula is C24H21ClN2O3. The molecule has 5 nitrogen and oxygen atoms in total. The van der Waals surface area contributed by atoms with Gasteiger partial charge in [-0.3, -0.25) is 0 Å². The lowest BCUT2D eigenvalue weighted by molar-refractivity contribution is -0.0190. The first-order valence-electron chi connectivity index (χ1n) is 9.77. The minimum atomic E-state index is -0.346. The molecule has 2 aliphatic heterocycles. The van der Waals surface area contributed by atoms with Gasteiger partial charge in [0.2, 0.25) is 6.23 Å². The second-order valence-electron chi connectivity index (χ2n) is 7.28. The maximum absolute atomic E-state index is 6.37. The molecule has 6 heteroatoms. The van der Waals surface area contributed by atoms with Gasteiger partial charge in [0.25, 0.3) is 0 Å². The van der Waals surface area contributed by atoms with Gasteiger partial charge in [0.05, 0.1) is 26.0 Å². The fraction of sp³-hybridized carbons (Fsp3) is 0.208. The molecule has 3 aromatic rings. The standard InChI is InChI=1S/C24H21ClN2O3/c1-28-22-11-10-15(13-23(22)29-2)19-14-20-18-8-3-4-9-21(18)30-24(27(20)26-19)16-6-5-7-17(25)12-16/h3-13,20,24H,14H2,1-2H3/t20-,24-/m0/s1. The number of hydrazone groups is 1. The summed E-state index contributed by atoms with van der Waals surface area (Å²) in [5, 5.41) is 7.70. The highest BCUT2D eigenvalue weighted by Gasteiger charge is 2.41. The Morgan fingerprint density at radius 3 is 2.60 bits per heavy atom. The number of hydrogen-bond donors (Lipinski definition) is 0. The Kier molecular flexibility index (Phi) is 4.75. The van der Waals surface area contributed by atoms with E-state index in [9.17, 15) is 0 Å². The van der Waals surface area contributed by atoms with Crippen LogP contribution in [-0.4, -0.2) is 24.9 Å². The van der Waals surface area contributed by atoms with E-state index in [0.717, 1.165) is 34.6 Å². The molecule has 0 saturated carbocycles. The summed E-state index contributed by atoms with van der Waals surface area (Å²) in [5.74, 6) is 2.26. The van der Waals surface area contributed by atoms with Gasteiger partial charge in [-0.15, -0.1) is 0 Å². The number of methoxy groups -OCH3 is 2. The van der Waals surface area contributed by atoms with E-state index in [0.29, 0.717) is 16.5 Å². The molecule has 0 radical (unpaired) electrons. The van der Waals surface area contributed by atoms with Crippen LogP contribution in [0.15, 0.2) is 71.8 Å². The number of halogens is 1. The lowest BCUT2D eigenvalue weighted by atomic mass is 9.96. The SMILES string of the molecule is COc1ccc(C2=NN3[C@@H](C2)c2ccccc2O[C@H]3c2cccc(Cl)c2)cc1OC. The molecule has 0 aromatic heterocycles. The summed E-state index contributed by atoms with van der Waals surface area (Å²) in [6, 6.07) is 21.9. The second kappa shape index (κ2) is 7.58. The zero-order valence-corrected chi connectivity index (χ0v) is 17.5. The van der Waals surface area contributed by atoms with E-state index in [1.54, 1.807) is 14.2 Å². The third kappa shape index (κ3) is 3.15. The molecule has 0 N–H and O–H groups in total. The third-order valence-corrected chi connectivity index (χ3v) is 5.78. The molecule has 0 bridgehead atoms. The number of hydrogen-bond acceptors (Lipinski definition) is 5. The van der Waals surface area contributed by atoms with E-state index in [2.05, 4.69) is 6.07 Å². The van der Waals surface area contributed by atoms with Crippen LogP contribution in [0.2, 0.25) is 5.02 Å². The Hall–Kier alpha value is -3.18. The van der Waals surface area contributed by atoms with Gasteiger partial charge >= 0.3 is 0 Å².